The molecule has 1 aliphatic heterocycles. The average molecular weight is 753 g/mol. The van der Waals surface area contributed by atoms with Crippen molar-refractivity contribution in [2.24, 2.45) is 5.73 Å². The third-order valence-electron chi connectivity index (χ3n) is 9.47. The standard InChI is InChI=1S/C37H40ClF3N8O4/c1-19(33(42)51)44-18-29-36(53-3)49-34(32(46-29)37(39,40)41)47-27-14-12-23-22(6-4-7-24(23)27)25-8-5-9-26(31(25)38)28-13-10-20(35(48-28)52-2)16-43-17-21-11-15-30(50)45-21/h4-10,13,19,21,27,43-44H,11-12,14-18H2,1-3H3,(H2,42,51)(H,45,50)(H,47,49)/t19-,21-,27-/m0/s1. The van der Waals surface area contributed by atoms with E-state index in [-0.39, 0.29) is 30.1 Å². The number of rotatable bonds is 14. The van der Waals surface area contributed by atoms with Crippen LogP contribution in [0.1, 0.15) is 60.3 Å². The van der Waals surface area contributed by atoms with E-state index in [4.69, 9.17) is 31.8 Å². The molecule has 16 heteroatoms. The van der Waals surface area contributed by atoms with Gasteiger partial charge in [-0.2, -0.15) is 18.2 Å². The van der Waals surface area contributed by atoms with Crippen molar-refractivity contribution in [2.75, 3.05) is 26.1 Å². The molecule has 280 valence electrons. The van der Waals surface area contributed by atoms with Gasteiger partial charge in [-0.25, -0.2) is 9.97 Å². The Morgan fingerprint density at radius 3 is 2.42 bits per heavy atom. The fraction of sp³-hybridized carbons (Fsp3) is 0.378. The van der Waals surface area contributed by atoms with Crippen LogP contribution in [0.25, 0.3) is 22.4 Å². The first-order valence-corrected chi connectivity index (χ1v) is 17.5. The molecular formula is C37H40ClF3N8O4. The molecule has 3 atom stereocenters. The zero-order valence-electron chi connectivity index (χ0n) is 29.4. The van der Waals surface area contributed by atoms with Gasteiger partial charge in [-0.15, -0.1) is 0 Å². The molecule has 2 aromatic carbocycles. The number of halogens is 4. The van der Waals surface area contributed by atoms with E-state index in [0.29, 0.717) is 54.5 Å². The number of nitrogens with one attached hydrogen (secondary N) is 4. The minimum atomic E-state index is -4.83. The zero-order chi connectivity index (χ0) is 37.9. The van der Waals surface area contributed by atoms with Crippen LogP contribution < -0.4 is 36.5 Å². The number of aromatic nitrogens is 3. The first-order valence-electron chi connectivity index (χ1n) is 17.1. The predicted molar refractivity (Wildman–Crippen MR) is 193 cm³/mol. The van der Waals surface area contributed by atoms with Crippen LogP contribution in [0, 0.1) is 0 Å². The van der Waals surface area contributed by atoms with Crippen molar-refractivity contribution in [3.8, 4) is 34.1 Å². The third-order valence-corrected chi connectivity index (χ3v) is 9.87. The van der Waals surface area contributed by atoms with E-state index in [0.717, 1.165) is 34.2 Å². The summed E-state index contributed by atoms with van der Waals surface area (Å²) in [6.07, 6.45) is -2.43. The molecule has 3 heterocycles. The summed E-state index contributed by atoms with van der Waals surface area (Å²) in [7, 11) is 2.84. The van der Waals surface area contributed by atoms with Crippen molar-refractivity contribution in [1.82, 2.24) is 30.9 Å². The maximum atomic E-state index is 14.3. The second-order valence-corrected chi connectivity index (χ2v) is 13.3. The molecular weight excluding hydrogens is 713 g/mol. The molecule has 6 N–H and O–H groups in total. The summed E-state index contributed by atoms with van der Waals surface area (Å²) in [6, 6.07) is 13.9. The van der Waals surface area contributed by atoms with Gasteiger partial charge in [0, 0.05) is 48.8 Å². The Bertz CT molecular complexity index is 2010. The van der Waals surface area contributed by atoms with Crippen LogP contribution in [0.2, 0.25) is 5.02 Å². The van der Waals surface area contributed by atoms with Crippen molar-refractivity contribution < 1.29 is 32.2 Å². The lowest BCUT2D eigenvalue weighted by Crippen LogP contribution is -2.38. The Kier molecular flexibility index (Phi) is 11.4. The van der Waals surface area contributed by atoms with E-state index in [9.17, 15) is 22.8 Å². The van der Waals surface area contributed by atoms with Crippen LogP contribution >= 0.6 is 11.6 Å². The topological polar surface area (TPSA) is 165 Å². The number of ether oxygens (including phenoxy) is 2. The van der Waals surface area contributed by atoms with Gasteiger partial charge in [0.1, 0.15) is 5.69 Å². The molecule has 1 fully saturated rings. The Morgan fingerprint density at radius 1 is 0.981 bits per heavy atom. The number of hydrogen-bond donors (Lipinski definition) is 5. The molecule has 0 saturated carbocycles. The summed E-state index contributed by atoms with van der Waals surface area (Å²) in [5.41, 5.74) is 9.50. The summed E-state index contributed by atoms with van der Waals surface area (Å²) in [5.74, 6) is -0.731. The fourth-order valence-corrected chi connectivity index (χ4v) is 7.01. The number of methoxy groups -OCH3 is 2. The molecule has 53 heavy (non-hydrogen) atoms. The van der Waals surface area contributed by atoms with Crippen LogP contribution in [-0.4, -0.2) is 59.6 Å². The SMILES string of the molecule is COc1nc(-c2cccc(-c3cccc4c3CC[C@@H]4Nc3nc(OC)c(CN[C@@H](C)C(N)=O)nc3C(F)(F)F)c2Cl)ccc1CNC[C@@H]1CCC(=O)N1. The van der Waals surface area contributed by atoms with Crippen LogP contribution in [0.3, 0.4) is 0 Å². The van der Waals surface area contributed by atoms with Crippen LogP contribution in [0.15, 0.2) is 48.5 Å². The van der Waals surface area contributed by atoms with Crippen molar-refractivity contribution in [3.05, 3.63) is 81.6 Å². The molecule has 0 unspecified atom stereocenters. The van der Waals surface area contributed by atoms with E-state index in [1.54, 1.807) is 7.11 Å². The van der Waals surface area contributed by atoms with E-state index >= 15 is 0 Å². The Morgan fingerprint density at radius 2 is 1.72 bits per heavy atom. The van der Waals surface area contributed by atoms with Gasteiger partial charge in [-0.05, 0) is 48.9 Å². The number of nitrogens with zero attached hydrogens (tertiary/aromatic N) is 3. The van der Waals surface area contributed by atoms with Gasteiger partial charge in [-0.3, -0.25) is 9.59 Å². The maximum Gasteiger partial charge on any atom is 0.437 e. The number of hydrogen-bond acceptors (Lipinski definition) is 10. The van der Waals surface area contributed by atoms with Crippen molar-refractivity contribution in [2.45, 2.75) is 70.0 Å². The lowest BCUT2D eigenvalue weighted by Gasteiger charge is -2.21. The van der Waals surface area contributed by atoms with Crippen molar-refractivity contribution >= 4 is 29.2 Å². The Balaban J connectivity index is 1.25. The highest BCUT2D eigenvalue weighted by Crippen LogP contribution is 2.44. The Labute approximate surface area is 309 Å². The summed E-state index contributed by atoms with van der Waals surface area (Å²) in [5, 5.41) is 12.5. The molecule has 2 aromatic heterocycles. The van der Waals surface area contributed by atoms with E-state index < -0.39 is 35.7 Å². The monoisotopic (exact) mass is 752 g/mol. The minimum Gasteiger partial charge on any atom is -0.481 e. The second-order valence-electron chi connectivity index (χ2n) is 13.0. The minimum absolute atomic E-state index is 0.0669. The largest absolute Gasteiger partial charge is 0.481 e. The molecule has 12 nitrogen and oxygen atoms in total. The first kappa shape index (κ1) is 37.8. The number of primary amides is 1. The average Bonchev–Trinajstić information content (AvgIpc) is 3.75. The molecule has 0 spiro atoms. The predicted octanol–water partition coefficient (Wildman–Crippen LogP) is 5.33. The lowest BCUT2D eigenvalue weighted by molar-refractivity contribution is -0.141. The van der Waals surface area contributed by atoms with Crippen LogP contribution in [-0.2, 0) is 35.3 Å². The fourth-order valence-electron chi connectivity index (χ4n) is 6.68. The second kappa shape index (κ2) is 15.9. The summed E-state index contributed by atoms with van der Waals surface area (Å²) in [6.45, 7) is 2.41. The highest BCUT2D eigenvalue weighted by Gasteiger charge is 2.39. The number of carbonyl (C=O) groups is 2. The van der Waals surface area contributed by atoms with Gasteiger partial charge >= 0.3 is 6.18 Å². The highest BCUT2D eigenvalue weighted by molar-refractivity contribution is 6.36. The molecule has 2 amide bonds. The van der Waals surface area contributed by atoms with Gasteiger partial charge < -0.3 is 36.5 Å². The number of nitrogens with two attached hydrogens (primary N) is 1. The highest BCUT2D eigenvalue weighted by atomic mass is 35.5. The van der Waals surface area contributed by atoms with E-state index in [2.05, 4.69) is 31.2 Å². The number of carbonyl (C=O) groups excluding carboxylic acids is 2. The summed E-state index contributed by atoms with van der Waals surface area (Å²) < 4.78 is 53.9. The third kappa shape index (κ3) is 8.32. The molecule has 0 bridgehead atoms. The normalized spacial score (nSPS) is 17.3. The quantitative estimate of drug-likeness (QED) is 0.114. The number of benzene rings is 2. The summed E-state index contributed by atoms with van der Waals surface area (Å²) in [4.78, 5) is 35.8. The maximum absolute atomic E-state index is 14.3. The number of amides is 2. The smallest absolute Gasteiger partial charge is 0.437 e. The van der Waals surface area contributed by atoms with Gasteiger partial charge in [-0.1, -0.05) is 54.1 Å². The van der Waals surface area contributed by atoms with Crippen molar-refractivity contribution in [1.29, 1.82) is 0 Å². The molecule has 2 aliphatic rings. The van der Waals surface area contributed by atoms with Crippen molar-refractivity contribution in [3.63, 3.8) is 0 Å². The number of alkyl halides is 3. The number of pyridine rings is 1. The van der Waals surface area contributed by atoms with Gasteiger partial charge in [0.15, 0.2) is 11.5 Å². The molecule has 1 aliphatic carbocycles. The lowest BCUT2D eigenvalue weighted by atomic mass is 9.94. The number of anilines is 1. The Hall–Kier alpha value is -4.99. The van der Waals surface area contributed by atoms with Gasteiger partial charge in [0.2, 0.25) is 23.6 Å². The van der Waals surface area contributed by atoms with Gasteiger partial charge in [0.25, 0.3) is 0 Å². The van der Waals surface area contributed by atoms with Gasteiger partial charge in [0.05, 0.1) is 37.0 Å². The molecule has 1 saturated heterocycles. The van der Waals surface area contributed by atoms with E-state index in [1.165, 1.54) is 14.0 Å². The molecule has 4 aromatic rings. The van der Waals surface area contributed by atoms with E-state index in [1.807, 2.05) is 48.5 Å². The van der Waals surface area contributed by atoms with Crippen LogP contribution in [0.5, 0.6) is 11.8 Å². The first-order chi connectivity index (χ1) is 25.4. The number of fused-ring (bicyclic) bond motifs is 1. The molecule has 0 radical (unpaired) electrons. The summed E-state index contributed by atoms with van der Waals surface area (Å²) >= 11 is 7.10. The molecule has 6 rings (SSSR count). The van der Waals surface area contributed by atoms with Crippen LogP contribution in [0.4, 0.5) is 19.0 Å². The zero-order valence-corrected chi connectivity index (χ0v) is 30.1.